The zero-order valence-electron chi connectivity index (χ0n) is 13.3. The molecule has 1 aliphatic rings. The van der Waals surface area contributed by atoms with Gasteiger partial charge in [-0.15, -0.1) is 0 Å². The number of carbonyl (C=O) groups excluding carboxylic acids is 2. The largest absolute Gasteiger partial charge is 0.445 e. The van der Waals surface area contributed by atoms with E-state index in [1.165, 1.54) is 0 Å². The predicted octanol–water partition coefficient (Wildman–Crippen LogP) is 1.71. The minimum atomic E-state index is -1.71. The minimum Gasteiger partial charge on any atom is -0.445 e. The van der Waals surface area contributed by atoms with Crippen molar-refractivity contribution >= 4 is 12.0 Å². The molecular formula is C17H24N2O4. The Labute approximate surface area is 136 Å². The van der Waals surface area contributed by atoms with Gasteiger partial charge in [-0.05, 0) is 30.7 Å². The fraction of sp³-hybridized carbons (Fsp3) is 0.529. The van der Waals surface area contributed by atoms with Gasteiger partial charge in [-0.1, -0.05) is 43.7 Å². The molecule has 0 aliphatic heterocycles. The van der Waals surface area contributed by atoms with E-state index in [1.54, 1.807) is 0 Å². The van der Waals surface area contributed by atoms with E-state index in [4.69, 9.17) is 10.5 Å². The summed E-state index contributed by atoms with van der Waals surface area (Å²) in [6.07, 6.45) is 1.97. The first-order chi connectivity index (χ1) is 11.0. The third kappa shape index (κ3) is 4.22. The van der Waals surface area contributed by atoms with Gasteiger partial charge in [0, 0.05) is 0 Å². The van der Waals surface area contributed by atoms with E-state index >= 15 is 0 Å². The molecule has 2 unspecified atom stereocenters. The summed E-state index contributed by atoms with van der Waals surface area (Å²) in [6.45, 7) is 2.04. The molecule has 0 spiro atoms. The first-order valence-corrected chi connectivity index (χ1v) is 7.98. The van der Waals surface area contributed by atoms with Crippen molar-refractivity contribution in [2.75, 3.05) is 0 Å². The highest BCUT2D eigenvalue weighted by molar-refractivity contribution is 5.86. The van der Waals surface area contributed by atoms with Crippen molar-refractivity contribution in [1.29, 1.82) is 0 Å². The fourth-order valence-corrected chi connectivity index (χ4v) is 2.78. The fourth-order valence-electron chi connectivity index (χ4n) is 2.78. The lowest BCUT2D eigenvalue weighted by Crippen LogP contribution is -2.61. The van der Waals surface area contributed by atoms with Crippen LogP contribution in [0.5, 0.6) is 0 Å². The molecule has 0 bridgehead atoms. The first-order valence-electron chi connectivity index (χ1n) is 7.98. The molecule has 0 radical (unpaired) electrons. The van der Waals surface area contributed by atoms with Gasteiger partial charge >= 0.3 is 6.09 Å². The molecule has 6 nitrogen and oxygen atoms in total. The second-order valence-corrected chi connectivity index (χ2v) is 6.01. The average Bonchev–Trinajstić information content (AvgIpc) is 3.38. The lowest BCUT2D eigenvalue weighted by molar-refractivity contribution is -0.142. The molecule has 1 aromatic rings. The van der Waals surface area contributed by atoms with Gasteiger partial charge in [0.15, 0.2) is 5.60 Å². The topological polar surface area (TPSA) is 102 Å². The Morgan fingerprint density at radius 1 is 1.39 bits per heavy atom. The minimum absolute atomic E-state index is 0.129. The second kappa shape index (κ2) is 7.46. The quantitative estimate of drug-likeness (QED) is 0.678. The highest BCUT2D eigenvalue weighted by Crippen LogP contribution is 2.42. The summed E-state index contributed by atoms with van der Waals surface area (Å²) >= 11 is 0. The van der Waals surface area contributed by atoms with Gasteiger partial charge in [-0.25, -0.2) is 4.79 Å². The van der Waals surface area contributed by atoms with Gasteiger partial charge in [-0.2, -0.15) is 0 Å². The summed E-state index contributed by atoms with van der Waals surface area (Å²) in [4.78, 5) is 23.8. The number of nitrogens with one attached hydrogen (secondary N) is 1. The first kappa shape index (κ1) is 17.3. The Balaban J connectivity index is 1.98. The van der Waals surface area contributed by atoms with Crippen LogP contribution in [0.3, 0.4) is 0 Å². The van der Waals surface area contributed by atoms with E-state index in [2.05, 4.69) is 5.32 Å². The molecular weight excluding hydrogens is 296 g/mol. The molecule has 2 rings (SSSR count). The highest BCUT2D eigenvalue weighted by atomic mass is 16.5. The Hall–Kier alpha value is -2.08. The molecule has 0 aromatic heterocycles. The Bertz CT molecular complexity index is 545. The number of primary amides is 1. The molecule has 1 fully saturated rings. The molecule has 126 valence electrons. The molecule has 2 atom stereocenters. The molecule has 6 heteroatoms. The van der Waals surface area contributed by atoms with Crippen molar-refractivity contribution in [2.45, 2.75) is 50.9 Å². The summed E-state index contributed by atoms with van der Waals surface area (Å²) in [6, 6.07) is 8.55. The van der Waals surface area contributed by atoms with Gasteiger partial charge in [0.05, 0.1) is 6.04 Å². The van der Waals surface area contributed by atoms with Crippen LogP contribution in [-0.4, -0.2) is 28.7 Å². The molecule has 23 heavy (non-hydrogen) atoms. The summed E-state index contributed by atoms with van der Waals surface area (Å²) in [5, 5.41) is 13.3. The maximum absolute atomic E-state index is 12.0. The van der Waals surface area contributed by atoms with Gasteiger partial charge in [0.1, 0.15) is 6.61 Å². The summed E-state index contributed by atoms with van der Waals surface area (Å²) in [5.74, 6) is -0.979. The van der Waals surface area contributed by atoms with Crippen molar-refractivity contribution in [3.63, 3.8) is 0 Å². The van der Waals surface area contributed by atoms with Crippen molar-refractivity contribution in [3.05, 3.63) is 35.9 Å². The summed E-state index contributed by atoms with van der Waals surface area (Å²) in [7, 11) is 0. The molecule has 4 N–H and O–H groups in total. The van der Waals surface area contributed by atoms with E-state index in [9.17, 15) is 14.7 Å². The Morgan fingerprint density at radius 2 is 2.04 bits per heavy atom. The van der Waals surface area contributed by atoms with Crippen LogP contribution in [-0.2, 0) is 16.1 Å². The van der Waals surface area contributed by atoms with E-state index in [-0.39, 0.29) is 12.5 Å². The molecule has 0 heterocycles. The van der Waals surface area contributed by atoms with Crippen molar-refractivity contribution in [3.8, 4) is 0 Å². The summed E-state index contributed by atoms with van der Waals surface area (Å²) in [5.41, 5.74) is 4.56. The van der Waals surface area contributed by atoms with Crippen molar-refractivity contribution < 1.29 is 19.4 Å². The maximum atomic E-state index is 12.0. The number of ether oxygens (including phenoxy) is 1. The van der Waals surface area contributed by atoms with Crippen LogP contribution >= 0.6 is 0 Å². The number of rotatable bonds is 8. The van der Waals surface area contributed by atoms with Crippen LogP contribution in [0.4, 0.5) is 4.79 Å². The van der Waals surface area contributed by atoms with Crippen LogP contribution in [0.1, 0.15) is 38.2 Å². The van der Waals surface area contributed by atoms with Crippen LogP contribution in [0.15, 0.2) is 30.3 Å². The summed E-state index contributed by atoms with van der Waals surface area (Å²) < 4.78 is 5.17. The standard InChI is InChI=1S/C17H24N2O4/c1-2-6-14(17(22,15(18)20)13-9-10-13)19-16(21)23-11-12-7-4-3-5-8-12/h3-5,7-8,13-14,22H,2,6,9-11H2,1H3,(H2,18,20)(H,19,21). The molecule has 1 aromatic carbocycles. The number of carbonyl (C=O) groups is 2. The number of alkyl carbamates (subject to hydrolysis) is 1. The molecule has 1 aliphatic carbocycles. The average molecular weight is 320 g/mol. The number of hydrogen-bond donors (Lipinski definition) is 3. The monoisotopic (exact) mass is 320 g/mol. The number of benzene rings is 1. The van der Waals surface area contributed by atoms with E-state index < -0.39 is 23.6 Å². The molecule has 0 saturated heterocycles. The van der Waals surface area contributed by atoms with Crippen molar-refractivity contribution in [1.82, 2.24) is 5.32 Å². The number of amides is 2. The molecule has 1 saturated carbocycles. The van der Waals surface area contributed by atoms with Gasteiger partial charge in [0.25, 0.3) is 5.91 Å². The third-order valence-electron chi connectivity index (χ3n) is 4.21. The lowest BCUT2D eigenvalue weighted by atomic mass is 9.85. The number of hydrogen-bond acceptors (Lipinski definition) is 4. The Kier molecular flexibility index (Phi) is 5.60. The SMILES string of the molecule is CCCC(NC(=O)OCc1ccccc1)C(O)(C(N)=O)C1CC1. The third-order valence-corrected chi connectivity index (χ3v) is 4.21. The van der Waals surface area contributed by atoms with E-state index in [0.29, 0.717) is 12.8 Å². The Morgan fingerprint density at radius 3 is 2.57 bits per heavy atom. The predicted molar refractivity (Wildman–Crippen MR) is 85.3 cm³/mol. The van der Waals surface area contributed by atoms with Crippen LogP contribution < -0.4 is 11.1 Å². The smallest absolute Gasteiger partial charge is 0.407 e. The van der Waals surface area contributed by atoms with E-state index in [1.807, 2.05) is 37.3 Å². The van der Waals surface area contributed by atoms with Crippen molar-refractivity contribution in [2.24, 2.45) is 11.7 Å². The second-order valence-electron chi connectivity index (χ2n) is 6.01. The molecule has 2 amide bonds. The highest BCUT2D eigenvalue weighted by Gasteiger charge is 2.54. The van der Waals surface area contributed by atoms with E-state index in [0.717, 1.165) is 18.4 Å². The number of aliphatic hydroxyl groups is 1. The zero-order valence-corrected chi connectivity index (χ0v) is 13.3. The maximum Gasteiger partial charge on any atom is 0.407 e. The zero-order chi connectivity index (χ0) is 16.9. The van der Waals surface area contributed by atoms with Crippen LogP contribution in [0, 0.1) is 5.92 Å². The normalized spacial score (nSPS) is 17.8. The number of nitrogens with two attached hydrogens (primary N) is 1. The van der Waals surface area contributed by atoms with Crippen LogP contribution in [0.2, 0.25) is 0 Å². The van der Waals surface area contributed by atoms with Gasteiger partial charge in [-0.3, -0.25) is 4.79 Å². The van der Waals surface area contributed by atoms with Crippen LogP contribution in [0.25, 0.3) is 0 Å². The van der Waals surface area contributed by atoms with Gasteiger partial charge < -0.3 is 20.9 Å². The van der Waals surface area contributed by atoms with Gasteiger partial charge in [0.2, 0.25) is 0 Å². The lowest BCUT2D eigenvalue weighted by Gasteiger charge is -2.33.